The predicted octanol–water partition coefficient (Wildman–Crippen LogP) is 2.94. The summed E-state index contributed by atoms with van der Waals surface area (Å²) in [7, 11) is 0. The fraction of sp³-hybridized carbons (Fsp3) is 0.444. The fourth-order valence-electron chi connectivity index (χ4n) is 0.545. The molecule has 0 radical (unpaired) electrons. The summed E-state index contributed by atoms with van der Waals surface area (Å²) in [4.78, 5) is 0. The van der Waals surface area contributed by atoms with Crippen LogP contribution in [0.15, 0.2) is 24.3 Å². The van der Waals surface area contributed by atoms with E-state index in [4.69, 9.17) is 5.41 Å². The highest BCUT2D eigenvalue weighted by Gasteiger charge is 1.78. The van der Waals surface area contributed by atoms with E-state index in [1.54, 1.807) is 0 Å². The molecule has 10 heavy (non-hydrogen) atoms. The van der Waals surface area contributed by atoms with Crippen molar-refractivity contribution in [1.29, 1.82) is 5.41 Å². The van der Waals surface area contributed by atoms with E-state index in [1.165, 1.54) is 0 Å². The molecule has 0 aromatic carbocycles. The van der Waals surface area contributed by atoms with Crippen molar-refractivity contribution >= 4 is 5.71 Å². The van der Waals surface area contributed by atoms with Crippen LogP contribution in [0.4, 0.5) is 0 Å². The van der Waals surface area contributed by atoms with Crippen molar-refractivity contribution in [3.8, 4) is 0 Å². The van der Waals surface area contributed by atoms with Crippen LogP contribution in [0.2, 0.25) is 0 Å². The number of hydrogen-bond acceptors (Lipinski definition) is 1. The molecular weight excluding hydrogens is 122 g/mol. The van der Waals surface area contributed by atoms with E-state index in [0.717, 1.165) is 12.8 Å². The molecule has 0 saturated heterocycles. The van der Waals surface area contributed by atoms with Crippen LogP contribution in [0.1, 0.15) is 26.7 Å². The van der Waals surface area contributed by atoms with Crippen LogP contribution in [-0.4, -0.2) is 5.71 Å². The highest BCUT2D eigenvalue weighted by molar-refractivity contribution is 6.01. The molecule has 1 N–H and O–H groups in total. The van der Waals surface area contributed by atoms with Gasteiger partial charge in [-0.05, 0) is 25.0 Å². The number of rotatable bonds is 4. The van der Waals surface area contributed by atoms with E-state index in [0.29, 0.717) is 5.71 Å². The molecule has 0 spiro atoms. The number of hydrogen-bond donors (Lipinski definition) is 1. The normalized spacial score (nSPS) is 11.4. The van der Waals surface area contributed by atoms with E-state index < -0.39 is 0 Å². The Kier molecular flexibility index (Phi) is 5.74. The van der Waals surface area contributed by atoms with Gasteiger partial charge in [0, 0.05) is 0 Å². The van der Waals surface area contributed by atoms with Crippen LogP contribution < -0.4 is 0 Å². The summed E-state index contributed by atoms with van der Waals surface area (Å²) < 4.78 is 0. The van der Waals surface area contributed by atoms with E-state index >= 15 is 0 Å². The second kappa shape index (κ2) is 6.27. The summed E-state index contributed by atoms with van der Waals surface area (Å²) in [6.45, 7) is 4.13. The van der Waals surface area contributed by atoms with Crippen molar-refractivity contribution in [3.05, 3.63) is 24.3 Å². The summed E-state index contributed by atoms with van der Waals surface area (Å²) in [5.74, 6) is 0. The Labute approximate surface area is 63.0 Å². The Morgan fingerprint density at radius 3 is 1.80 bits per heavy atom. The molecule has 1 heteroatoms. The largest absolute Gasteiger partial charge is 0.301 e. The molecule has 0 aromatic heterocycles. The molecule has 0 atom stereocenters. The molecule has 0 aliphatic heterocycles. The van der Waals surface area contributed by atoms with Gasteiger partial charge in [0.25, 0.3) is 0 Å². The van der Waals surface area contributed by atoms with Gasteiger partial charge in [0.2, 0.25) is 0 Å². The summed E-state index contributed by atoms with van der Waals surface area (Å²) in [6, 6.07) is 0. The quantitative estimate of drug-likeness (QED) is 0.576. The van der Waals surface area contributed by atoms with Gasteiger partial charge in [-0.2, -0.15) is 0 Å². The Morgan fingerprint density at radius 1 is 1.10 bits per heavy atom. The molecular formula is C9H15N. The SMILES string of the molecule is CC/C=C\C(=N)/C=C\CC. The Hall–Kier alpha value is -0.850. The minimum absolute atomic E-state index is 0.587. The van der Waals surface area contributed by atoms with Gasteiger partial charge in [-0.3, -0.25) is 0 Å². The summed E-state index contributed by atoms with van der Waals surface area (Å²) >= 11 is 0. The van der Waals surface area contributed by atoms with Gasteiger partial charge in [-0.25, -0.2) is 0 Å². The molecule has 0 unspecified atom stereocenters. The van der Waals surface area contributed by atoms with Crippen molar-refractivity contribution in [3.63, 3.8) is 0 Å². The van der Waals surface area contributed by atoms with Crippen LogP contribution in [-0.2, 0) is 0 Å². The lowest BCUT2D eigenvalue weighted by Crippen LogP contribution is -1.81. The van der Waals surface area contributed by atoms with E-state index in [-0.39, 0.29) is 0 Å². The van der Waals surface area contributed by atoms with E-state index in [9.17, 15) is 0 Å². The van der Waals surface area contributed by atoms with Crippen molar-refractivity contribution in [2.24, 2.45) is 0 Å². The molecule has 0 saturated carbocycles. The van der Waals surface area contributed by atoms with Crippen molar-refractivity contribution in [2.45, 2.75) is 26.7 Å². The number of allylic oxidation sites excluding steroid dienone is 4. The molecule has 0 fully saturated rings. The Balaban J connectivity index is 3.63. The van der Waals surface area contributed by atoms with Gasteiger partial charge in [0.15, 0.2) is 0 Å². The summed E-state index contributed by atoms with van der Waals surface area (Å²) in [5, 5.41) is 7.32. The third kappa shape index (κ3) is 5.29. The van der Waals surface area contributed by atoms with Crippen LogP contribution in [0.25, 0.3) is 0 Å². The first kappa shape index (κ1) is 9.15. The molecule has 0 heterocycles. The maximum atomic E-state index is 7.32. The van der Waals surface area contributed by atoms with Gasteiger partial charge in [0.05, 0.1) is 5.71 Å². The van der Waals surface area contributed by atoms with Gasteiger partial charge >= 0.3 is 0 Å². The highest BCUT2D eigenvalue weighted by Crippen LogP contribution is 1.86. The zero-order valence-electron chi connectivity index (χ0n) is 6.72. The second-order valence-corrected chi connectivity index (χ2v) is 2.08. The minimum Gasteiger partial charge on any atom is -0.301 e. The molecule has 0 aliphatic carbocycles. The van der Waals surface area contributed by atoms with Crippen LogP contribution >= 0.6 is 0 Å². The summed E-state index contributed by atoms with van der Waals surface area (Å²) in [6.07, 6.45) is 9.63. The first-order valence-corrected chi connectivity index (χ1v) is 3.72. The van der Waals surface area contributed by atoms with Gasteiger partial charge in [0.1, 0.15) is 0 Å². The number of nitrogens with one attached hydrogen (secondary N) is 1. The van der Waals surface area contributed by atoms with Gasteiger partial charge in [-0.15, -0.1) is 0 Å². The lowest BCUT2D eigenvalue weighted by Gasteiger charge is -1.84. The third-order valence-electron chi connectivity index (χ3n) is 1.07. The maximum absolute atomic E-state index is 7.32. The second-order valence-electron chi connectivity index (χ2n) is 2.08. The van der Waals surface area contributed by atoms with Gasteiger partial charge < -0.3 is 5.41 Å². The molecule has 1 nitrogen and oxygen atoms in total. The maximum Gasteiger partial charge on any atom is 0.0533 e. The average molecular weight is 137 g/mol. The fourth-order valence-corrected chi connectivity index (χ4v) is 0.545. The lowest BCUT2D eigenvalue weighted by atomic mass is 10.2. The highest BCUT2D eigenvalue weighted by atomic mass is 14.4. The first-order valence-electron chi connectivity index (χ1n) is 3.72. The molecule has 56 valence electrons. The molecule has 0 aliphatic rings. The van der Waals surface area contributed by atoms with E-state index in [1.807, 2.05) is 24.3 Å². The third-order valence-corrected chi connectivity index (χ3v) is 1.07. The molecule has 0 aromatic rings. The van der Waals surface area contributed by atoms with Crippen LogP contribution in [0.5, 0.6) is 0 Å². The van der Waals surface area contributed by atoms with Gasteiger partial charge in [-0.1, -0.05) is 26.0 Å². The Morgan fingerprint density at radius 2 is 1.50 bits per heavy atom. The zero-order chi connectivity index (χ0) is 7.82. The molecule has 0 amide bonds. The smallest absolute Gasteiger partial charge is 0.0533 e. The average Bonchev–Trinajstić information content (AvgIpc) is 1.97. The standard InChI is InChI=1S/C9H15N/c1-3-5-7-9(10)8-6-4-2/h5-8,10H,3-4H2,1-2H3/b7-5-,8-6-. The first-order chi connectivity index (χ1) is 4.81. The van der Waals surface area contributed by atoms with E-state index in [2.05, 4.69) is 13.8 Å². The lowest BCUT2D eigenvalue weighted by molar-refractivity contribution is 1.22. The van der Waals surface area contributed by atoms with Crippen molar-refractivity contribution in [2.75, 3.05) is 0 Å². The Bertz CT molecular complexity index is 127. The van der Waals surface area contributed by atoms with Crippen LogP contribution in [0.3, 0.4) is 0 Å². The van der Waals surface area contributed by atoms with Crippen LogP contribution in [0, 0.1) is 5.41 Å². The molecule has 0 bridgehead atoms. The minimum atomic E-state index is 0.587. The molecule has 0 rings (SSSR count). The van der Waals surface area contributed by atoms with Crippen molar-refractivity contribution < 1.29 is 0 Å². The van der Waals surface area contributed by atoms with Crippen molar-refractivity contribution in [1.82, 2.24) is 0 Å². The topological polar surface area (TPSA) is 23.9 Å². The zero-order valence-corrected chi connectivity index (χ0v) is 6.72. The monoisotopic (exact) mass is 137 g/mol. The predicted molar refractivity (Wildman–Crippen MR) is 46.6 cm³/mol. The summed E-state index contributed by atoms with van der Waals surface area (Å²) in [5.41, 5.74) is 0.587.